The summed E-state index contributed by atoms with van der Waals surface area (Å²) in [5, 5.41) is 3.98. The molecule has 1 aromatic rings. The second-order valence-electron chi connectivity index (χ2n) is 4.84. The van der Waals surface area contributed by atoms with Crippen LogP contribution >= 0.6 is 27.5 Å². The topological polar surface area (TPSA) is 50.9 Å². The van der Waals surface area contributed by atoms with Crippen molar-refractivity contribution in [3.05, 3.63) is 21.8 Å². The van der Waals surface area contributed by atoms with Crippen molar-refractivity contribution in [2.45, 2.75) is 32.4 Å². The van der Waals surface area contributed by atoms with E-state index in [-0.39, 0.29) is 11.5 Å². The molecule has 1 aliphatic rings. The molecule has 1 heterocycles. The number of nitrogens with one attached hydrogen (secondary N) is 1. The lowest BCUT2D eigenvalue weighted by Crippen LogP contribution is -2.61. The van der Waals surface area contributed by atoms with E-state index in [1.54, 1.807) is 6.20 Å². The highest BCUT2D eigenvalue weighted by atomic mass is 79.9. The van der Waals surface area contributed by atoms with Gasteiger partial charge in [0.15, 0.2) is 0 Å². The zero-order valence-corrected chi connectivity index (χ0v) is 11.6. The van der Waals surface area contributed by atoms with Gasteiger partial charge >= 0.3 is 0 Å². The van der Waals surface area contributed by atoms with E-state index in [2.05, 4.69) is 40.1 Å². The molecule has 5 heteroatoms. The lowest BCUT2D eigenvalue weighted by molar-refractivity contribution is 0.117. The fourth-order valence-corrected chi connectivity index (χ4v) is 2.57. The predicted molar refractivity (Wildman–Crippen MR) is 70.7 cm³/mol. The fourth-order valence-electron chi connectivity index (χ4n) is 1.89. The number of nitrogens with zero attached hydrogens (tertiary/aromatic N) is 1. The second-order valence-corrected chi connectivity index (χ2v) is 6.17. The third kappa shape index (κ3) is 2.06. The molecule has 0 bridgehead atoms. The van der Waals surface area contributed by atoms with Gasteiger partial charge in [0.2, 0.25) is 0 Å². The van der Waals surface area contributed by atoms with Crippen molar-refractivity contribution >= 4 is 33.3 Å². The van der Waals surface area contributed by atoms with Gasteiger partial charge in [0, 0.05) is 28.2 Å². The summed E-state index contributed by atoms with van der Waals surface area (Å²) in [5.41, 5.74) is 6.06. The number of rotatable bonds is 2. The van der Waals surface area contributed by atoms with E-state index in [1.807, 2.05) is 6.07 Å². The summed E-state index contributed by atoms with van der Waals surface area (Å²) in [6.07, 6.45) is 2.70. The van der Waals surface area contributed by atoms with Gasteiger partial charge in [0.25, 0.3) is 0 Å². The molecule has 88 valence electrons. The number of pyridine rings is 1. The van der Waals surface area contributed by atoms with Gasteiger partial charge in [-0.05, 0) is 28.4 Å². The molecule has 16 heavy (non-hydrogen) atoms. The van der Waals surface area contributed by atoms with Crippen LogP contribution in [0.3, 0.4) is 0 Å². The monoisotopic (exact) mass is 303 g/mol. The Morgan fingerprint density at radius 2 is 2.31 bits per heavy atom. The number of aromatic nitrogens is 1. The van der Waals surface area contributed by atoms with Crippen LogP contribution in [0.1, 0.15) is 20.3 Å². The minimum Gasteiger partial charge on any atom is -0.365 e. The first-order valence-electron chi connectivity index (χ1n) is 5.24. The van der Waals surface area contributed by atoms with Gasteiger partial charge < -0.3 is 11.1 Å². The van der Waals surface area contributed by atoms with E-state index in [4.69, 9.17) is 17.3 Å². The second kappa shape index (κ2) is 4.17. The van der Waals surface area contributed by atoms with Gasteiger partial charge in [0.05, 0.1) is 5.02 Å². The van der Waals surface area contributed by atoms with Crippen molar-refractivity contribution in [2.24, 2.45) is 11.1 Å². The average molecular weight is 305 g/mol. The van der Waals surface area contributed by atoms with Gasteiger partial charge in [-0.25, -0.2) is 4.98 Å². The lowest BCUT2D eigenvalue weighted by Gasteiger charge is -2.50. The first kappa shape index (κ1) is 12.1. The molecule has 2 unspecified atom stereocenters. The smallest absolute Gasteiger partial charge is 0.145 e. The Morgan fingerprint density at radius 3 is 2.81 bits per heavy atom. The maximum Gasteiger partial charge on any atom is 0.145 e. The fraction of sp³-hybridized carbons (Fsp3) is 0.545. The van der Waals surface area contributed by atoms with E-state index < -0.39 is 0 Å². The molecule has 0 radical (unpaired) electrons. The van der Waals surface area contributed by atoms with Crippen molar-refractivity contribution in [2.75, 3.05) is 5.32 Å². The van der Waals surface area contributed by atoms with Crippen molar-refractivity contribution in [3.8, 4) is 0 Å². The molecule has 2 rings (SSSR count). The third-order valence-corrected chi connectivity index (χ3v) is 4.18. The molecule has 0 aliphatic heterocycles. The Kier molecular flexibility index (Phi) is 3.16. The molecule has 0 amide bonds. The molecule has 0 saturated heterocycles. The van der Waals surface area contributed by atoms with Gasteiger partial charge in [-0.15, -0.1) is 0 Å². The minimum atomic E-state index is 0.0953. The summed E-state index contributed by atoms with van der Waals surface area (Å²) in [6, 6.07) is 2.43. The first-order valence-corrected chi connectivity index (χ1v) is 6.41. The zero-order valence-electron chi connectivity index (χ0n) is 9.30. The highest BCUT2D eigenvalue weighted by Gasteiger charge is 2.46. The molecule has 0 spiro atoms. The number of nitrogens with two attached hydrogens (primary N) is 1. The largest absolute Gasteiger partial charge is 0.365 e. The van der Waals surface area contributed by atoms with Crippen LogP contribution in [-0.2, 0) is 0 Å². The highest BCUT2D eigenvalue weighted by molar-refractivity contribution is 9.10. The number of hydrogen-bond donors (Lipinski definition) is 2. The van der Waals surface area contributed by atoms with Crippen molar-refractivity contribution in [3.63, 3.8) is 0 Å². The quantitative estimate of drug-likeness (QED) is 0.883. The van der Waals surface area contributed by atoms with Crippen LogP contribution in [0.5, 0.6) is 0 Å². The van der Waals surface area contributed by atoms with Gasteiger partial charge in [-0.1, -0.05) is 25.4 Å². The molecule has 1 saturated carbocycles. The average Bonchev–Trinajstić information content (AvgIpc) is 2.21. The Labute approximate surface area is 109 Å². The van der Waals surface area contributed by atoms with Crippen molar-refractivity contribution < 1.29 is 0 Å². The molecule has 3 N–H and O–H groups in total. The summed E-state index contributed by atoms with van der Waals surface area (Å²) in [6.45, 7) is 4.32. The maximum atomic E-state index is 6.10. The number of halogens is 2. The van der Waals surface area contributed by atoms with Gasteiger partial charge in [0.1, 0.15) is 5.82 Å². The SMILES string of the molecule is CC1(C)C(N)CC1Nc1ncc(Br)cc1Cl. The van der Waals surface area contributed by atoms with Crippen LogP contribution in [-0.4, -0.2) is 17.1 Å². The Balaban J connectivity index is 2.11. The van der Waals surface area contributed by atoms with E-state index >= 15 is 0 Å². The van der Waals surface area contributed by atoms with Crippen LogP contribution in [0, 0.1) is 5.41 Å². The van der Waals surface area contributed by atoms with Crippen molar-refractivity contribution in [1.29, 1.82) is 0 Å². The van der Waals surface area contributed by atoms with Crippen LogP contribution in [0.15, 0.2) is 16.7 Å². The summed E-state index contributed by atoms with van der Waals surface area (Å²) in [7, 11) is 0. The Morgan fingerprint density at radius 1 is 1.62 bits per heavy atom. The van der Waals surface area contributed by atoms with E-state index in [0.29, 0.717) is 11.1 Å². The van der Waals surface area contributed by atoms with Crippen LogP contribution in [0.2, 0.25) is 5.02 Å². The van der Waals surface area contributed by atoms with Crippen LogP contribution < -0.4 is 11.1 Å². The molecular weight excluding hydrogens is 289 g/mol. The molecule has 1 aliphatic carbocycles. The van der Waals surface area contributed by atoms with Gasteiger partial charge in [-0.3, -0.25) is 0 Å². The summed E-state index contributed by atoms with van der Waals surface area (Å²) >= 11 is 9.43. The van der Waals surface area contributed by atoms with Gasteiger partial charge in [-0.2, -0.15) is 0 Å². The first-order chi connectivity index (χ1) is 7.41. The molecule has 1 aromatic heterocycles. The number of anilines is 1. The molecule has 1 fully saturated rings. The number of hydrogen-bond acceptors (Lipinski definition) is 3. The molecular formula is C11H15BrClN3. The van der Waals surface area contributed by atoms with E-state index in [9.17, 15) is 0 Å². The predicted octanol–water partition coefficient (Wildman–Crippen LogP) is 3.04. The summed E-state index contributed by atoms with van der Waals surface area (Å²) in [4.78, 5) is 4.26. The minimum absolute atomic E-state index is 0.0953. The molecule has 3 nitrogen and oxygen atoms in total. The van der Waals surface area contributed by atoms with E-state index in [0.717, 1.165) is 16.7 Å². The maximum absolute atomic E-state index is 6.10. The standard InChI is InChI=1S/C11H15BrClN3/c1-11(2)8(14)4-9(11)16-10-7(13)3-6(12)5-15-10/h3,5,8-9H,4,14H2,1-2H3,(H,15,16). The normalized spacial score (nSPS) is 27.3. The third-order valence-electron chi connectivity index (χ3n) is 3.46. The Hall–Kier alpha value is -0.320. The summed E-state index contributed by atoms with van der Waals surface area (Å²) < 4.78 is 0.882. The molecule has 2 atom stereocenters. The summed E-state index contributed by atoms with van der Waals surface area (Å²) in [5.74, 6) is 0.731. The van der Waals surface area contributed by atoms with Crippen LogP contribution in [0.25, 0.3) is 0 Å². The zero-order chi connectivity index (χ0) is 11.9. The van der Waals surface area contributed by atoms with Crippen LogP contribution in [0.4, 0.5) is 5.82 Å². The lowest BCUT2D eigenvalue weighted by atomic mass is 9.63. The van der Waals surface area contributed by atoms with E-state index in [1.165, 1.54) is 0 Å². The Bertz CT molecular complexity index is 408. The van der Waals surface area contributed by atoms with Crippen molar-refractivity contribution in [1.82, 2.24) is 4.98 Å². The molecule has 0 aromatic carbocycles. The highest BCUT2D eigenvalue weighted by Crippen LogP contribution is 2.41.